The SMILES string of the molecule is CCC(NC(=O)COc1ccc(CCCS(=O)(=O)c2ccc(Cl)cc2)cc1NC(=O)c1cccc(OCc2nc3ccccc3s2)c1)C(=O)O. The molecular weight excluding hydrogens is 702 g/mol. The number of carbonyl (C=O) groups is 3. The zero-order valence-electron chi connectivity index (χ0n) is 26.9. The molecule has 3 N–H and O–H groups in total. The third-order valence-corrected chi connectivity index (χ3v) is 10.6. The molecule has 50 heavy (non-hydrogen) atoms. The Kier molecular flexibility index (Phi) is 12.1. The van der Waals surface area contributed by atoms with Gasteiger partial charge in [-0.2, -0.15) is 0 Å². The van der Waals surface area contributed by atoms with Gasteiger partial charge in [-0.25, -0.2) is 18.2 Å². The predicted octanol–water partition coefficient (Wildman–Crippen LogP) is 6.55. The molecule has 5 aromatic rings. The quantitative estimate of drug-likeness (QED) is 0.102. The molecule has 0 saturated heterocycles. The fraction of sp³-hybridized carbons (Fsp3) is 0.222. The van der Waals surface area contributed by atoms with Gasteiger partial charge in [-0.1, -0.05) is 42.8 Å². The van der Waals surface area contributed by atoms with Gasteiger partial charge in [0.05, 0.1) is 26.6 Å². The Balaban J connectivity index is 1.29. The molecule has 0 aliphatic heterocycles. The van der Waals surface area contributed by atoms with Crippen molar-refractivity contribution in [2.24, 2.45) is 0 Å². The molecule has 4 aromatic carbocycles. The van der Waals surface area contributed by atoms with Gasteiger partial charge in [-0.15, -0.1) is 11.3 Å². The van der Waals surface area contributed by atoms with Crippen molar-refractivity contribution in [2.45, 2.75) is 43.7 Å². The number of nitrogens with zero attached hydrogens (tertiary/aromatic N) is 1. The van der Waals surface area contributed by atoms with Crippen LogP contribution < -0.4 is 20.1 Å². The molecule has 1 heterocycles. The number of ether oxygens (including phenoxy) is 2. The number of halogens is 1. The summed E-state index contributed by atoms with van der Waals surface area (Å²) in [6, 6.07) is 24.3. The molecule has 11 nitrogen and oxygen atoms in total. The van der Waals surface area contributed by atoms with Crippen LogP contribution in [-0.4, -0.2) is 54.7 Å². The summed E-state index contributed by atoms with van der Waals surface area (Å²) in [4.78, 5) is 42.0. The molecule has 0 aliphatic rings. The van der Waals surface area contributed by atoms with E-state index < -0.39 is 40.3 Å². The first-order valence-corrected chi connectivity index (χ1v) is 18.5. The lowest BCUT2D eigenvalue weighted by atomic mass is 10.1. The van der Waals surface area contributed by atoms with E-state index in [1.807, 2.05) is 24.3 Å². The molecule has 2 amide bonds. The first-order valence-electron chi connectivity index (χ1n) is 15.7. The van der Waals surface area contributed by atoms with Gasteiger partial charge < -0.3 is 25.2 Å². The number of benzene rings is 4. The van der Waals surface area contributed by atoms with Gasteiger partial charge in [0, 0.05) is 10.6 Å². The zero-order chi connectivity index (χ0) is 35.7. The Hall–Kier alpha value is -4.98. The summed E-state index contributed by atoms with van der Waals surface area (Å²) in [5.41, 5.74) is 2.14. The molecule has 5 rings (SSSR count). The van der Waals surface area contributed by atoms with Gasteiger partial charge >= 0.3 is 5.97 Å². The molecule has 0 aliphatic carbocycles. The molecular formula is C36H34ClN3O8S2. The molecule has 0 radical (unpaired) electrons. The minimum absolute atomic E-state index is 0.110. The lowest BCUT2D eigenvalue weighted by Gasteiger charge is -2.16. The van der Waals surface area contributed by atoms with Gasteiger partial charge in [-0.05, 0) is 91.6 Å². The number of aromatic nitrogens is 1. The molecule has 1 aromatic heterocycles. The van der Waals surface area contributed by atoms with E-state index in [2.05, 4.69) is 15.6 Å². The minimum Gasteiger partial charge on any atom is -0.486 e. The number of hydrogen-bond acceptors (Lipinski definition) is 9. The van der Waals surface area contributed by atoms with Crippen molar-refractivity contribution in [3.63, 3.8) is 0 Å². The van der Waals surface area contributed by atoms with Crippen LogP contribution in [0.15, 0.2) is 95.9 Å². The summed E-state index contributed by atoms with van der Waals surface area (Å²) < 4.78 is 38.4. The summed E-state index contributed by atoms with van der Waals surface area (Å²) in [6.45, 7) is 1.36. The van der Waals surface area contributed by atoms with Crippen LogP contribution in [0, 0.1) is 0 Å². The van der Waals surface area contributed by atoms with E-state index in [1.54, 1.807) is 49.4 Å². The van der Waals surface area contributed by atoms with Crippen molar-refractivity contribution in [1.29, 1.82) is 0 Å². The summed E-state index contributed by atoms with van der Waals surface area (Å²) in [5, 5.41) is 15.7. The van der Waals surface area contributed by atoms with E-state index in [0.29, 0.717) is 34.7 Å². The van der Waals surface area contributed by atoms with Crippen LogP contribution in [0.5, 0.6) is 11.5 Å². The highest BCUT2D eigenvalue weighted by atomic mass is 35.5. The third-order valence-electron chi connectivity index (χ3n) is 7.54. The van der Waals surface area contributed by atoms with E-state index in [1.165, 1.54) is 35.6 Å². The normalized spacial score (nSPS) is 11.9. The van der Waals surface area contributed by atoms with Gasteiger partial charge in [0.2, 0.25) is 0 Å². The molecule has 0 spiro atoms. The largest absolute Gasteiger partial charge is 0.486 e. The van der Waals surface area contributed by atoms with Crippen LogP contribution in [0.2, 0.25) is 5.02 Å². The second-order valence-corrected chi connectivity index (χ2v) is 14.9. The highest BCUT2D eigenvalue weighted by Gasteiger charge is 2.19. The molecule has 0 bridgehead atoms. The summed E-state index contributed by atoms with van der Waals surface area (Å²) in [5.74, 6) is -1.78. The summed E-state index contributed by atoms with van der Waals surface area (Å²) in [7, 11) is -3.55. The fourth-order valence-electron chi connectivity index (χ4n) is 4.95. The van der Waals surface area contributed by atoms with Gasteiger partial charge in [-0.3, -0.25) is 9.59 Å². The number of amides is 2. The zero-order valence-corrected chi connectivity index (χ0v) is 29.3. The monoisotopic (exact) mass is 735 g/mol. The Morgan fingerprint density at radius 1 is 0.960 bits per heavy atom. The topological polar surface area (TPSA) is 161 Å². The number of carboxylic acid groups (broad SMARTS) is 1. The number of carbonyl (C=O) groups excluding carboxylic acids is 2. The van der Waals surface area contributed by atoms with Crippen LogP contribution in [0.1, 0.15) is 40.7 Å². The lowest BCUT2D eigenvalue weighted by molar-refractivity contribution is -0.142. The number of nitrogens with one attached hydrogen (secondary N) is 2. The maximum atomic E-state index is 13.5. The maximum Gasteiger partial charge on any atom is 0.326 e. The van der Waals surface area contributed by atoms with E-state index in [0.717, 1.165) is 15.2 Å². The van der Waals surface area contributed by atoms with Crippen molar-refractivity contribution >= 4 is 66.5 Å². The van der Waals surface area contributed by atoms with Gasteiger partial charge in [0.1, 0.15) is 29.2 Å². The molecule has 260 valence electrons. The number of hydrogen-bond donors (Lipinski definition) is 3. The number of thiazole rings is 1. The average molecular weight is 736 g/mol. The number of para-hydroxylation sites is 1. The number of rotatable bonds is 16. The highest BCUT2D eigenvalue weighted by molar-refractivity contribution is 7.91. The second kappa shape index (κ2) is 16.6. The molecule has 14 heteroatoms. The molecule has 0 saturated carbocycles. The van der Waals surface area contributed by atoms with Crippen LogP contribution >= 0.6 is 22.9 Å². The van der Waals surface area contributed by atoms with Crippen LogP contribution in [0.3, 0.4) is 0 Å². The number of fused-ring (bicyclic) bond motifs is 1. The van der Waals surface area contributed by atoms with Crippen molar-refractivity contribution < 1.29 is 37.4 Å². The number of carboxylic acids is 1. The minimum atomic E-state index is -3.55. The smallest absolute Gasteiger partial charge is 0.326 e. The van der Waals surface area contributed by atoms with E-state index >= 15 is 0 Å². The number of sulfone groups is 1. The summed E-state index contributed by atoms with van der Waals surface area (Å²) in [6.07, 6.45) is 0.846. The Morgan fingerprint density at radius 2 is 1.74 bits per heavy atom. The first kappa shape index (κ1) is 36.3. The lowest BCUT2D eigenvalue weighted by Crippen LogP contribution is -2.42. The number of aliphatic carboxylic acids is 1. The van der Waals surface area contributed by atoms with E-state index in [9.17, 15) is 27.9 Å². The standard InChI is InChI=1S/C36H34ClN3O8S2/c1-2-28(36(43)44)38-33(41)21-48-31-17-12-23(7-6-18-50(45,46)27-15-13-25(37)14-16-27)19-30(31)40-35(42)24-8-5-9-26(20-24)47-22-34-39-29-10-3-4-11-32(29)49-34/h3-5,8-17,19-20,28H,2,6-7,18,21-22H2,1H3,(H,38,41)(H,40,42)(H,43,44). The first-order chi connectivity index (χ1) is 24.0. The van der Waals surface area contributed by atoms with Crippen molar-refractivity contribution in [1.82, 2.24) is 10.3 Å². The number of anilines is 1. The van der Waals surface area contributed by atoms with Gasteiger partial charge in [0.25, 0.3) is 11.8 Å². The Bertz CT molecular complexity index is 2070. The predicted molar refractivity (Wildman–Crippen MR) is 192 cm³/mol. The summed E-state index contributed by atoms with van der Waals surface area (Å²) >= 11 is 7.42. The van der Waals surface area contributed by atoms with Crippen molar-refractivity contribution in [3.05, 3.63) is 112 Å². The number of aryl methyl sites for hydroxylation is 1. The van der Waals surface area contributed by atoms with Crippen molar-refractivity contribution in [3.8, 4) is 11.5 Å². The average Bonchev–Trinajstić information content (AvgIpc) is 3.52. The Labute approximate surface area is 298 Å². The maximum absolute atomic E-state index is 13.5. The fourth-order valence-corrected chi connectivity index (χ4v) is 7.27. The van der Waals surface area contributed by atoms with Crippen molar-refractivity contribution in [2.75, 3.05) is 17.7 Å². The van der Waals surface area contributed by atoms with Crippen LogP contribution in [0.4, 0.5) is 5.69 Å². The van der Waals surface area contributed by atoms with E-state index in [-0.39, 0.29) is 35.1 Å². The van der Waals surface area contributed by atoms with Gasteiger partial charge in [0.15, 0.2) is 16.4 Å². The molecule has 1 atom stereocenters. The van der Waals surface area contributed by atoms with E-state index in [4.69, 9.17) is 21.1 Å². The van der Waals surface area contributed by atoms with Crippen LogP contribution in [-0.2, 0) is 32.5 Å². The van der Waals surface area contributed by atoms with Crippen LogP contribution in [0.25, 0.3) is 10.2 Å². The molecule has 0 fully saturated rings. The third kappa shape index (κ3) is 9.80. The Morgan fingerprint density at radius 3 is 2.48 bits per heavy atom. The molecule has 1 unspecified atom stereocenters. The second-order valence-electron chi connectivity index (χ2n) is 11.2. The highest BCUT2D eigenvalue weighted by Crippen LogP contribution is 2.29.